The molecule has 0 spiro atoms. The Balaban J connectivity index is 1.95. The minimum absolute atomic E-state index is 0.550. The molecule has 0 aliphatic rings. The molecule has 0 radical (unpaired) electrons. The van der Waals surface area contributed by atoms with Gasteiger partial charge in [-0.15, -0.1) is 0 Å². The fourth-order valence-corrected chi connectivity index (χ4v) is 2.09. The smallest absolute Gasteiger partial charge is 0.223 e. The van der Waals surface area contributed by atoms with E-state index in [0.717, 1.165) is 29.0 Å². The van der Waals surface area contributed by atoms with Crippen LogP contribution >= 0.6 is 0 Å². The highest BCUT2D eigenvalue weighted by Gasteiger charge is 2.03. The topological polar surface area (TPSA) is 56.3 Å². The maximum absolute atomic E-state index is 5.61. The van der Waals surface area contributed by atoms with Crippen LogP contribution in [0.15, 0.2) is 30.5 Å². The number of nitrogens with zero attached hydrogens (tertiary/aromatic N) is 2. The van der Waals surface area contributed by atoms with Gasteiger partial charge in [-0.1, -0.05) is 19.1 Å². The van der Waals surface area contributed by atoms with Crippen LogP contribution in [0.4, 0.5) is 5.95 Å². The van der Waals surface area contributed by atoms with E-state index >= 15 is 0 Å². The molecule has 0 aliphatic heterocycles. The first-order chi connectivity index (χ1) is 10.7. The second-order valence-corrected chi connectivity index (χ2v) is 5.02. The minimum Gasteiger partial charge on any atom is -0.491 e. The van der Waals surface area contributed by atoms with Gasteiger partial charge in [-0.2, -0.15) is 0 Å². The van der Waals surface area contributed by atoms with Gasteiger partial charge in [0.1, 0.15) is 12.4 Å². The molecule has 1 aromatic carbocycles. The van der Waals surface area contributed by atoms with Gasteiger partial charge in [0.05, 0.1) is 6.61 Å². The second kappa shape index (κ2) is 8.34. The molecule has 2 aromatic rings. The fourth-order valence-electron chi connectivity index (χ4n) is 2.09. The summed E-state index contributed by atoms with van der Waals surface area (Å²) in [5.74, 6) is 1.50. The molecule has 1 N–H and O–H groups in total. The molecule has 118 valence electrons. The van der Waals surface area contributed by atoms with E-state index in [9.17, 15) is 0 Å². The number of anilines is 1. The van der Waals surface area contributed by atoms with Crippen LogP contribution in [-0.4, -0.2) is 30.3 Å². The molecule has 2 rings (SSSR count). The Kier molecular flexibility index (Phi) is 6.15. The van der Waals surface area contributed by atoms with E-state index in [1.54, 1.807) is 7.11 Å². The third kappa shape index (κ3) is 4.70. The van der Waals surface area contributed by atoms with E-state index in [1.165, 1.54) is 0 Å². The van der Waals surface area contributed by atoms with Crippen LogP contribution in [0.5, 0.6) is 5.75 Å². The van der Waals surface area contributed by atoms with Gasteiger partial charge < -0.3 is 14.8 Å². The Morgan fingerprint density at radius 1 is 1.23 bits per heavy atom. The Morgan fingerprint density at radius 2 is 2.09 bits per heavy atom. The first-order valence-corrected chi connectivity index (χ1v) is 7.50. The average Bonchev–Trinajstić information content (AvgIpc) is 2.55. The first kappa shape index (κ1) is 16.2. The lowest BCUT2D eigenvalue weighted by molar-refractivity contribution is 0.146. The Labute approximate surface area is 131 Å². The van der Waals surface area contributed by atoms with E-state index in [4.69, 9.17) is 9.47 Å². The van der Waals surface area contributed by atoms with Crippen molar-refractivity contribution in [3.63, 3.8) is 0 Å². The van der Waals surface area contributed by atoms with E-state index in [0.29, 0.717) is 25.7 Å². The van der Waals surface area contributed by atoms with Crippen molar-refractivity contribution in [2.75, 3.05) is 25.6 Å². The van der Waals surface area contributed by atoms with E-state index in [1.807, 2.05) is 37.4 Å². The lowest BCUT2D eigenvalue weighted by atomic mass is 10.2. The van der Waals surface area contributed by atoms with Gasteiger partial charge >= 0.3 is 0 Å². The average molecular weight is 301 g/mol. The SMILES string of the molecule is CCc1nc(NCc2cccc(OCCOC)c2)ncc1C. The van der Waals surface area contributed by atoms with Gasteiger partial charge in [-0.05, 0) is 36.6 Å². The molecular formula is C17H23N3O2. The van der Waals surface area contributed by atoms with Crippen LogP contribution in [0.25, 0.3) is 0 Å². The number of methoxy groups -OCH3 is 1. The summed E-state index contributed by atoms with van der Waals surface area (Å²) in [4.78, 5) is 8.83. The number of ether oxygens (including phenoxy) is 2. The summed E-state index contributed by atoms with van der Waals surface area (Å²) in [6.45, 7) is 5.92. The van der Waals surface area contributed by atoms with E-state index in [-0.39, 0.29) is 0 Å². The highest BCUT2D eigenvalue weighted by Crippen LogP contribution is 2.15. The van der Waals surface area contributed by atoms with Crippen molar-refractivity contribution in [3.8, 4) is 5.75 Å². The summed E-state index contributed by atoms with van der Waals surface area (Å²) >= 11 is 0. The Hall–Kier alpha value is -2.14. The maximum Gasteiger partial charge on any atom is 0.223 e. The zero-order chi connectivity index (χ0) is 15.8. The molecular weight excluding hydrogens is 278 g/mol. The minimum atomic E-state index is 0.550. The highest BCUT2D eigenvalue weighted by molar-refractivity contribution is 5.34. The van der Waals surface area contributed by atoms with E-state index < -0.39 is 0 Å². The van der Waals surface area contributed by atoms with Crippen molar-refractivity contribution >= 4 is 5.95 Å². The quantitative estimate of drug-likeness (QED) is 0.760. The number of hydrogen-bond donors (Lipinski definition) is 1. The predicted molar refractivity (Wildman–Crippen MR) is 87.3 cm³/mol. The van der Waals surface area contributed by atoms with E-state index in [2.05, 4.69) is 22.2 Å². The standard InChI is InChI=1S/C17H23N3O2/c1-4-16-13(2)11-18-17(20-16)19-12-14-6-5-7-15(10-14)22-9-8-21-3/h5-7,10-11H,4,8-9,12H2,1-3H3,(H,18,19,20). The molecule has 1 heterocycles. The summed E-state index contributed by atoms with van der Waals surface area (Å²) in [6.07, 6.45) is 2.77. The van der Waals surface area contributed by atoms with Crippen molar-refractivity contribution in [1.29, 1.82) is 0 Å². The molecule has 0 fully saturated rings. The molecule has 0 atom stereocenters. The predicted octanol–water partition coefficient (Wildman–Crippen LogP) is 2.98. The zero-order valence-corrected chi connectivity index (χ0v) is 13.4. The van der Waals surface area contributed by atoms with Gasteiger partial charge in [0, 0.05) is 25.5 Å². The van der Waals surface area contributed by atoms with Crippen LogP contribution in [0.1, 0.15) is 23.7 Å². The van der Waals surface area contributed by atoms with Crippen molar-refractivity contribution in [1.82, 2.24) is 9.97 Å². The van der Waals surface area contributed by atoms with Gasteiger partial charge in [0.25, 0.3) is 0 Å². The molecule has 0 unspecified atom stereocenters. The lowest BCUT2D eigenvalue weighted by Crippen LogP contribution is -2.07. The highest BCUT2D eigenvalue weighted by atomic mass is 16.5. The van der Waals surface area contributed by atoms with Crippen LogP contribution in [0.2, 0.25) is 0 Å². The fraction of sp³-hybridized carbons (Fsp3) is 0.412. The van der Waals surface area contributed by atoms with Gasteiger partial charge in [-0.3, -0.25) is 0 Å². The van der Waals surface area contributed by atoms with Crippen LogP contribution in [-0.2, 0) is 17.7 Å². The van der Waals surface area contributed by atoms with Crippen molar-refractivity contribution in [3.05, 3.63) is 47.3 Å². The Morgan fingerprint density at radius 3 is 2.86 bits per heavy atom. The number of aromatic nitrogens is 2. The summed E-state index contributed by atoms with van der Waals surface area (Å²) in [6, 6.07) is 7.98. The van der Waals surface area contributed by atoms with Gasteiger partial charge in [0.15, 0.2) is 0 Å². The largest absolute Gasteiger partial charge is 0.491 e. The third-order valence-electron chi connectivity index (χ3n) is 3.32. The summed E-state index contributed by atoms with van der Waals surface area (Å²) < 4.78 is 10.6. The molecule has 0 saturated carbocycles. The zero-order valence-electron chi connectivity index (χ0n) is 13.4. The molecule has 22 heavy (non-hydrogen) atoms. The summed E-state index contributed by atoms with van der Waals surface area (Å²) in [5.41, 5.74) is 3.33. The number of aryl methyl sites for hydroxylation is 2. The van der Waals surface area contributed by atoms with Crippen LogP contribution < -0.4 is 10.1 Å². The molecule has 1 aromatic heterocycles. The number of hydrogen-bond acceptors (Lipinski definition) is 5. The maximum atomic E-state index is 5.61. The normalized spacial score (nSPS) is 10.5. The van der Waals surface area contributed by atoms with Gasteiger partial charge in [0.2, 0.25) is 5.95 Å². The molecule has 5 heteroatoms. The number of rotatable bonds is 8. The van der Waals surface area contributed by atoms with Crippen LogP contribution in [0, 0.1) is 6.92 Å². The summed E-state index contributed by atoms with van der Waals surface area (Å²) in [5, 5.41) is 3.25. The van der Waals surface area contributed by atoms with Gasteiger partial charge in [-0.25, -0.2) is 9.97 Å². The summed E-state index contributed by atoms with van der Waals surface area (Å²) in [7, 11) is 1.66. The number of nitrogens with one attached hydrogen (secondary N) is 1. The lowest BCUT2D eigenvalue weighted by Gasteiger charge is -2.10. The second-order valence-electron chi connectivity index (χ2n) is 5.02. The van der Waals surface area contributed by atoms with Crippen molar-refractivity contribution in [2.24, 2.45) is 0 Å². The molecule has 0 aliphatic carbocycles. The van der Waals surface area contributed by atoms with Crippen LogP contribution in [0.3, 0.4) is 0 Å². The molecule has 0 bridgehead atoms. The molecule has 0 saturated heterocycles. The van der Waals surface area contributed by atoms with Crippen molar-refractivity contribution < 1.29 is 9.47 Å². The molecule has 5 nitrogen and oxygen atoms in total. The third-order valence-corrected chi connectivity index (χ3v) is 3.32. The van der Waals surface area contributed by atoms with Crippen molar-refractivity contribution in [2.45, 2.75) is 26.8 Å². The Bertz CT molecular complexity index is 602. The monoisotopic (exact) mass is 301 g/mol. The first-order valence-electron chi connectivity index (χ1n) is 7.50. The molecule has 0 amide bonds. The number of benzene rings is 1.